The maximum absolute atomic E-state index is 12.9. The predicted octanol–water partition coefficient (Wildman–Crippen LogP) is 5.04. The summed E-state index contributed by atoms with van der Waals surface area (Å²) >= 11 is 13.5. The second kappa shape index (κ2) is 6.94. The molecule has 2 aromatic heterocycles. The lowest BCUT2D eigenvalue weighted by Crippen LogP contribution is -2.23. The number of hydrogen-bond acceptors (Lipinski definition) is 4. The van der Waals surface area contributed by atoms with E-state index in [4.69, 9.17) is 28.5 Å². The maximum Gasteiger partial charge on any atom is 0.262 e. The van der Waals surface area contributed by atoms with E-state index in [1.165, 1.54) is 11.3 Å². The first-order valence-corrected chi connectivity index (χ1v) is 8.97. The zero-order valence-corrected chi connectivity index (χ0v) is 15.2. The zero-order chi connectivity index (χ0) is 17.3. The smallest absolute Gasteiger partial charge is 0.262 e. The van der Waals surface area contributed by atoms with Crippen LogP contribution in [0.25, 0.3) is 21.3 Å². The van der Waals surface area contributed by atoms with Crippen LogP contribution in [0.5, 0.6) is 0 Å². The van der Waals surface area contributed by atoms with Crippen LogP contribution in [-0.2, 0) is 6.54 Å². The minimum absolute atomic E-state index is 0.0854. The Labute approximate surface area is 152 Å². The molecule has 4 nitrogen and oxygen atoms in total. The van der Waals surface area contributed by atoms with E-state index in [1.54, 1.807) is 16.7 Å². The lowest BCUT2D eigenvalue weighted by Gasteiger charge is -2.09. The van der Waals surface area contributed by atoms with Crippen LogP contribution in [0.4, 0.5) is 0 Å². The van der Waals surface area contributed by atoms with Crippen molar-refractivity contribution in [3.63, 3.8) is 0 Å². The fraction of sp³-hybridized carbons (Fsp3) is 0.235. The fourth-order valence-corrected chi connectivity index (χ4v) is 3.86. The number of benzene rings is 1. The molecule has 2 heterocycles. The van der Waals surface area contributed by atoms with E-state index in [9.17, 15) is 4.79 Å². The third-order valence-corrected chi connectivity index (χ3v) is 5.40. The van der Waals surface area contributed by atoms with Gasteiger partial charge >= 0.3 is 0 Å². The highest BCUT2D eigenvalue weighted by atomic mass is 35.5. The van der Waals surface area contributed by atoms with Gasteiger partial charge < -0.3 is 0 Å². The molecule has 0 radical (unpaired) electrons. The van der Waals surface area contributed by atoms with Crippen molar-refractivity contribution >= 4 is 44.8 Å². The molecular weight excluding hydrogens is 365 g/mol. The molecular formula is C17H13Cl2N3OS. The SMILES string of the molecule is Cc1nc2scc(-c3ccc(Cl)c(Cl)c3)c2c(=O)n1CCCC#N. The summed E-state index contributed by atoms with van der Waals surface area (Å²) in [5, 5.41) is 12.1. The Morgan fingerprint density at radius 2 is 2.12 bits per heavy atom. The molecule has 7 heteroatoms. The molecule has 122 valence electrons. The molecule has 0 aliphatic rings. The summed E-state index contributed by atoms with van der Waals surface area (Å²) in [5.41, 5.74) is 1.56. The lowest BCUT2D eigenvalue weighted by atomic mass is 10.1. The summed E-state index contributed by atoms with van der Waals surface area (Å²) < 4.78 is 1.63. The van der Waals surface area contributed by atoms with Gasteiger partial charge in [0.1, 0.15) is 10.7 Å². The van der Waals surface area contributed by atoms with Crippen molar-refractivity contribution in [2.75, 3.05) is 0 Å². The van der Waals surface area contributed by atoms with Crippen molar-refractivity contribution in [2.45, 2.75) is 26.3 Å². The molecule has 0 saturated carbocycles. The van der Waals surface area contributed by atoms with Gasteiger partial charge in [-0.2, -0.15) is 5.26 Å². The quantitative estimate of drug-likeness (QED) is 0.598. The van der Waals surface area contributed by atoms with Crippen LogP contribution < -0.4 is 5.56 Å². The first kappa shape index (κ1) is 17.0. The van der Waals surface area contributed by atoms with Gasteiger partial charge in [-0.15, -0.1) is 11.3 Å². The van der Waals surface area contributed by atoms with Gasteiger partial charge in [-0.05, 0) is 31.0 Å². The Kier molecular flexibility index (Phi) is 4.91. The van der Waals surface area contributed by atoms with Crippen molar-refractivity contribution in [1.29, 1.82) is 5.26 Å². The second-order valence-electron chi connectivity index (χ2n) is 5.34. The Hall–Kier alpha value is -1.87. The highest BCUT2D eigenvalue weighted by Gasteiger charge is 2.16. The van der Waals surface area contributed by atoms with Gasteiger partial charge in [-0.25, -0.2) is 4.98 Å². The van der Waals surface area contributed by atoms with Gasteiger partial charge in [-0.1, -0.05) is 29.3 Å². The molecule has 0 N–H and O–H groups in total. The third kappa shape index (κ3) is 3.05. The van der Waals surface area contributed by atoms with Crippen LogP contribution in [0, 0.1) is 18.3 Å². The normalized spacial score (nSPS) is 10.9. The van der Waals surface area contributed by atoms with E-state index < -0.39 is 0 Å². The Bertz CT molecular complexity index is 1020. The van der Waals surface area contributed by atoms with Gasteiger partial charge in [0.05, 0.1) is 21.5 Å². The van der Waals surface area contributed by atoms with Crippen molar-refractivity contribution in [1.82, 2.24) is 9.55 Å². The molecule has 0 saturated heterocycles. The minimum atomic E-state index is -0.0854. The number of aryl methyl sites for hydroxylation is 1. The standard InChI is InChI=1S/C17H13Cl2N3OS/c1-10-21-16-15(17(23)22(10)7-3-2-6-20)12(9-24-16)11-4-5-13(18)14(19)8-11/h4-5,8-9H,2-3,7H2,1H3. The average Bonchev–Trinajstić information content (AvgIpc) is 2.97. The van der Waals surface area contributed by atoms with E-state index >= 15 is 0 Å². The molecule has 0 aliphatic heterocycles. The Morgan fingerprint density at radius 1 is 1.33 bits per heavy atom. The monoisotopic (exact) mass is 377 g/mol. The summed E-state index contributed by atoms with van der Waals surface area (Å²) in [6.07, 6.45) is 1.03. The maximum atomic E-state index is 12.9. The number of aromatic nitrogens is 2. The number of nitriles is 1. The van der Waals surface area contributed by atoms with Crippen LogP contribution in [0.1, 0.15) is 18.7 Å². The second-order valence-corrected chi connectivity index (χ2v) is 7.01. The largest absolute Gasteiger partial charge is 0.296 e. The van der Waals surface area contributed by atoms with E-state index in [2.05, 4.69) is 11.1 Å². The number of fused-ring (bicyclic) bond motifs is 1. The average molecular weight is 378 g/mol. The molecule has 0 spiro atoms. The summed E-state index contributed by atoms with van der Waals surface area (Å²) in [4.78, 5) is 18.2. The molecule has 3 aromatic rings. The predicted molar refractivity (Wildman–Crippen MR) is 98.9 cm³/mol. The Morgan fingerprint density at radius 3 is 2.83 bits per heavy atom. The molecule has 1 aromatic carbocycles. The van der Waals surface area contributed by atoms with Crippen LogP contribution in [0.3, 0.4) is 0 Å². The van der Waals surface area contributed by atoms with Gasteiger partial charge in [0, 0.05) is 23.9 Å². The third-order valence-electron chi connectivity index (χ3n) is 3.79. The molecule has 0 bridgehead atoms. The van der Waals surface area contributed by atoms with Gasteiger partial charge in [0.2, 0.25) is 0 Å². The van der Waals surface area contributed by atoms with E-state index in [0.29, 0.717) is 45.5 Å². The number of halogens is 2. The first-order valence-electron chi connectivity index (χ1n) is 7.34. The lowest BCUT2D eigenvalue weighted by molar-refractivity contribution is 0.607. The van der Waals surface area contributed by atoms with Crippen LogP contribution in [0.15, 0.2) is 28.4 Å². The summed E-state index contributed by atoms with van der Waals surface area (Å²) in [5.74, 6) is 0.660. The number of hydrogen-bond donors (Lipinski definition) is 0. The highest BCUT2D eigenvalue weighted by Crippen LogP contribution is 2.34. The molecule has 24 heavy (non-hydrogen) atoms. The molecule has 3 rings (SSSR count). The zero-order valence-electron chi connectivity index (χ0n) is 12.8. The summed E-state index contributed by atoms with van der Waals surface area (Å²) in [7, 11) is 0. The number of thiophene rings is 1. The first-order chi connectivity index (χ1) is 11.5. The minimum Gasteiger partial charge on any atom is -0.296 e. The van der Waals surface area contributed by atoms with Crippen LogP contribution in [0.2, 0.25) is 10.0 Å². The van der Waals surface area contributed by atoms with Gasteiger partial charge in [-0.3, -0.25) is 9.36 Å². The number of rotatable bonds is 4. The summed E-state index contributed by atoms with van der Waals surface area (Å²) in [6, 6.07) is 7.41. The topological polar surface area (TPSA) is 58.7 Å². The number of nitrogens with zero attached hydrogens (tertiary/aromatic N) is 3. The fourth-order valence-electron chi connectivity index (χ4n) is 2.58. The molecule has 0 atom stereocenters. The van der Waals surface area contributed by atoms with Crippen LogP contribution in [-0.4, -0.2) is 9.55 Å². The van der Waals surface area contributed by atoms with E-state index in [-0.39, 0.29) is 5.56 Å². The van der Waals surface area contributed by atoms with E-state index in [1.807, 2.05) is 18.4 Å². The van der Waals surface area contributed by atoms with Gasteiger partial charge in [0.25, 0.3) is 5.56 Å². The van der Waals surface area contributed by atoms with Crippen molar-refractivity contribution < 1.29 is 0 Å². The van der Waals surface area contributed by atoms with Crippen molar-refractivity contribution in [3.05, 3.63) is 49.8 Å². The highest BCUT2D eigenvalue weighted by molar-refractivity contribution is 7.17. The number of unbranched alkanes of at least 4 members (excludes halogenated alkanes) is 1. The Balaban J connectivity index is 2.17. The van der Waals surface area contributed by atoms with E-state index in [0.717, 1.165) is 11.1 Å². The molecule has 0 fully saturated rings. The van der Waals surface area contributed by atoms with Gasteiger partial charge in [0.15, 0.2) is 0 Å². The molecule has 0 aliphatic carbocycles. The van der Waals surface area contributed by atoms with Crippen molar-refractivity contribution in [2.24, 2.45) is 0 Å². The van der Waals surface area contributed by atoms with Crippen LogP contribution >= 0.6 is 34.5 Å². The molecule has 0 amide bonds. The summed E-state index contributed by atoms with van der Waals surface area (Å²) in [6.45, 7) is 2.30. The molecule has 0 unspecified atom stereocenters. The van der Waals surface area contributed by atoms with Crippen molar-refractivity contribution in [3.8, 4) is 17.2 Å².